The van der Waals surface area contributed by atoms with Gasteiger partial charge < -0.3 is 4.43 Å². The van der Waals surface area contributed by atoms with Gasteiger partial charge in [-0.25, -0.2) is 0 Å². The van der Waals surface area contributed by atoms with Gasteiger partial charge in [-0.1, -0.05) is 34.1 Å². The molecule has 0 heterocycles. The first-order chi connectivity index (χ1) is 4.87. The maximum atomic E-state index is 5.35. The van der Waals surface area contributed by atoms with Crippen LogP contribution in [0.3, 0.4) is 0 Å². The van der Waals surface area contributed by atoms with E-state index in [1.165, 1.54) is 0 Å². The van der Waals surface area contributed by atoms with Gasteiger partial charge in [-0.2, -0.15) is 0 Å². The molecule has 0 fully saturated rings. The Morgan fingerprint density at radius 3 is 1.73 bits per heavy atom. The molecule has 0 saturated carbocycles. The molecule has 0 aliphatic rings. The van der Waals surface area contributed by atoms with Crippen LogP contribution in [0.25, 0.3) is 0 Å². The van der Waals surface area contributed by atoms with Crippen molar-refractivity contribution < 1.29 is 4.43 Å². The summed E-state index contributed by atoms with van der Waals surface area (Å²) >= 11 is 0. The predicted octanol–water partition coefficient (Wildman–Crippen LogP) is 2.69. The van der Waals surface area contributed by atoms with E-state index in [1.807, 2.05) is 0 Å². The SMILES string of the molecule is CCCC(C)(O[Si])C(C)(C)C. The van der Waals surface area contributed by atoms with Crippen molar-refractivity contribution in [2.24, 2.45) is 5.41 Å². The highest BCUT2D eigenvalue weighted by molar-refractivity contribution is 5.98. The molecule has 1 unspecified atom stereocenters. The van der Waals surface area contributed by atoms with Crippen molar-refractivity contribution in [2.75, 3.05) is 0 Å². The molecule has 0 rings (SSSR count). The Balaban J connectivity index is 4.33. The topological polar surface area (TPSA) is 9.23 Å². The number of rotatable bonds is 3. The molecule has 1 nitrogen and oxygen atoms in total. The Morgan fingerprint density at radius 1 is 1.18 bits per heavy atom. The summed E-state index contributed by atoms with van der Waals surface area (Å²) < 4.78 is 5.35. The van der Waals surface area contributed by atoms with Gasteiger partial charge in [-0.15, -0.1) is 0 Å². The molecule has 0 spiro atoms. The van der Waals surface area contributed by atoms with Crippen LogP contribution < -0.4 is 0 Å². The molecule has 0 aromatic carbocycles. The summed E-state index contributed by atoms with van der Waals surface area (Å²) in [5, 5.41) is 0. The molecular formula is C9H19OSi. The monoisotopic (exact) mass is 171 g/mol. The van der Waals surface area contributed by atoms with Gasteiger partial charge in [0, 0.05) is 0 Å². The summed E-state index contributed by atoms with van der Waals surface area (Å²) in [5.74, 6) is 0. The Hall–Kier alpha value is 0.177. The average molecular weight is 171 g/mol. The minimum Gasteiger partial charge on any atom is -0.413 e. The fraction of sp³-hybridized carbons (Fsp3) is 1.00. The van der Waals surface area contributed by atoms with E-state index in [4.69, 9.17) is 4.43 Å². The molecule has 0 saturated heterocycles. The van der Waals surface area contributed by atoms with Crippen LogP contribution in [0.15, 0.2) is 0 Å². The van der Waals surface area contributed by atoms with Crippen molar-refractivity contribution in [3.8, 4) is 0 Å². The smallest absolute Gasteiger partial charge is 0.247 e. The van der Waals surface area contributed by atoms with Crippen LogP contribution in [0.2, 0.25) is 0 Å². The minimum atomic E-state index is -0.0569. The molecule has 1 atom stereocenters. The van der Waals surface area contributed by atoms with Gasteiger partial charge >= 0.3 is 0 Å². The fourth-order valence-corrected chi connectivity index (χ4v) is 1.46. The standard InChI is InChI=1S/C9H19OSi/c1-6-7-9(5,10-11)8(2,3)4/h6-7H2,1-5H3. The van der Waals surface area contributed by atoms with E-state index in [2.05, 4.69) is 45.1 Å². The molecule has 0 aliphatic heterocycles. The van der Waals surface area contributed by atoms with E-state index in [9.17, 15) is 0 Å². The van der Waals surface area contributed by atoms with Gasteiger partial charge in [0.25, 0.3) is 0 Å². The Bertz CT molecular complexity index is 117. The van der Waals surface area contributed by atoms with Gasteiger partial charge in [-0.05, 0) is 18.8 Å². The van der Waals surface area contributed by atoms with Gasteiger partial charge in [0.2, 0.25) is 10.5 Å². The molecule has 0 amide bonds. The van der Waals surface area contributed by atoms with E-state index in [0.29, 0.717) is 0 Å². The minimum absolute atomic E-state index is 0.0569. The van der Waals surface area contributed by atoms with E-state index in [0.717, 1.165) is 12.8 Å². The Labute approximate surface area is 74.1 Å². The first kappa shape index (κ1) is 11.2. The molecule has 65 valence electrons. The second-order valence-corrected chi connectivity index (χ2v) is 4.54. The molecule has 11 heavy (non-hydrogen) atoms. The van der Waals surface area contributed by atoms with E-state index in [-0.39, 0.29) is 11.0 Å². The zero-order valence-corrected chi connectivity index (χ0v) is 9.32. The van der Waals surface area contributed by atoms with E-state index >= 15 is 0 Å². The normalized spacial score (nSPS) is 18.0. The third-order valence-corrected chi connectivity index (χ3v) is 2.99. The highest BCUT2D eigenvalue weighted by Crippen LogP contribution is 2.36. The lowest BCUT2D eigenvalue weighted by Gasteiger charge is -2.41. The summed E-state index contributed by atoms with van der Waals surface area (Å²) in [5.41, 5.74) is 0.128. The third kappa shape index (κ3) is 2.60. The predicted molar refractivity (Wildman–Crippen MR) is 49.6 cm³/mol. The van der Waals surface area contributed by atoms with Gasteiger partial charge in [0.05, 0.1) is 5.60 Å². The molecule has 0 aromatic rings. The molecule has 0 bridgehead atoms. The van der Waals surface area contributed by atoms with Crippen LogP contribution >= 0.6 is 0 Å². The molecular weight excluding hydrogens is 152 g/mol. The summed E-state index contributed by atoms with van der Waals surface area (Å²) in [4.78, 5) is 0. The molecule has 0 N–H and O–H groups in total. The zero-order chi connectivity index (χ0) is 9.12. The second-order valence-electron chi connectivity index (χ2n) is 4.33. The first-order valence-corrected chi connectivity index (χ1v) is 4.63. The highest BCUT2D eigenvalue weighted by atomic mass is 28.2. The van der Waals surface area contributed by atoms with Crippen LogP contribution in [0.5, 0.6) is 0 Å². The first-order valence-electron chi connectivity index (χ1n) is 4.22. The van der Waals surface area contributed by atoms with E-state index in [1.54, 1.807) is 0 Å². The quantitative estimate of drug-likeness (QED) is 0.593. The lowest BCUT2D eigenvalue weighted by atomic mass is 9.75. The third-order valence-electron chi connectivity index (χ3n) is 2.54. The summed E-state index contributed by atoms with van der Waals surface area (Å²) in [7, 11) is 3.16. The number of hydrogen-bond acceptors (Lipinski definition) is 1. The van der Waals surface area contributed by atoms with Crippen LogP contribution in [-0.2, 0) is 4.43 Å². The largest absolute Gasteiger partial charge is 0.413 e. The van der Waals surface area contributed by atoms with Crippen molar-refractivity contribution in [2.45, 2.75) is 53.1 Å². The molecule has 0 aromatic heterocycles. The van der Waals surface area contributed by atoms with Crippen molar-refractivity contribution >= 4 is 10.5 Å². The fourth-order valence-electron chi connectivity index (χ4n) is 1.06. The summed E-state index contributed by atoms with van der Waals surface area (Å²) in [6.45, 7) is 10.9. The van der Waals surface area contributed by atoms with Crippen molar-refractivity contribution in [3.63, 3.8) is 0 Å². The summed E-state index contributed by atoms with van der Waals surface area (Å²) in [6, 6.07) is 0. The van der Waals surface area contributed by atoms with Gasteiger partial charge in [-0.3, -0.25) is 0 Å². The zero-order valence-electron chi connectivity index (χ0n) is 8.32. The van der Waals surface area contributed by atoms with Crippen molar-refractivity contribution in [1.29, 1.82) is 0 Å². The maximum Gasteiger partial charge on any atom is 0.247 e. The Morgan fingerprint density at radius 2 is 1.64 bits per heavy atom. The maximum absolute atomic E-state index is 5.35. The summed E-state index contributed by atoms with van der Waals surface area (Å²) in [6.07, 6.45) is 2.23. The second kappa shape index (κ2) is 3.72. The van der Waals surface area contributed by atoms with E-state index < -0.39 is 0 Å². The van der Waals surface area contributed by atoms with Crippen LogP contribution in [0.4, 0.5) is 0 Å². The lowest BCUT2D eigenvalue weighted by Crippen LogP contribution is -2.41. The molecule has 3 radical (unpaired) electrons. The van der Waals surface area contributed by atoms with Gasteiger partial charge in [0.1, 0.15) is 0 Å². The average Bonchev–Trinajstić information content (AvgIpc) is 1.86. The van der Waals surface area contributed by atoms with Crippen molar-refractivity contribution in [1.82, 2.24) is 0 Å². The highest BCUT2D eigenvalue weighted by Gasteiger charge is 2.35. The van der Waals surface area contributed by atoms with Gasteiger partial charge in [0.15, 0.2) is 0 Å². The van der Waals surface area contributed by atoms with Crippen LogP contribution in [0.1, 0.15) is 47.5 Å². The van der Waals surface area contributed by atoms with Crippen LogP contribution in [0, 0.1) is 5.41 Å². The Kier molecular flexibility index (Phi) is 3.78. The molecule has 2 heteroatoms. The number of hydrogen-bond donors (Lipinski definition) is 0. The van der Waals surface area contributed by atoms with Crippen LogP contribution in [-0.4, -0.2) is 16.1 Å². The lowest BCUT2D eigenvalue weighted by molar-refractivity contribution is -0.0179. The van der Waals surface area contributed by atoms with Crippen molar-refractivity contribution in [3.05, 3.63) is 0 Å². The molecule has 0 aliphatic carbocycles.